The molecule has 0 aliphatic heterocycles. The van der Waals surface area contributed by atoms with Gasteiger partial charge in [0.2, 0.25) is 5.95 Å². The van der Waals surface area contributed by atoms with Crippen LogP contribution in [0.3, 0.4) is 0 Å². The lowest BCUT2D eigenvalue weighted by atomic mass is 9.86. The largest absolute Gasteiger partial charge is 0.497 e. The van der Waals surface area contributed by atoms with Gasteiger partial charge in [-0.1, -0.05) is 39.0 Å². The van der Waals surface area contributed by atoms with Crippen molar-refractivity contribution in [1.29, 1.82) is 0 Å². The van der Waals surface area contributed by atoms with Crippen LogP contribution in [0.15, 0.2) is 48.7 Å². The zero-order valence-electron chi connectivity index (χ0n) is 16.8. The first-order chi connectivity index (χ1) is 13.4. The van der Waals surface area contributed by atoms with Crippen LogP contribution in [-0.2, 0) is 5.41 Å². The molecule has 3 rings (SSSR count). The molecule has 0 amide bonds. The van der Waals surface area contributed by atoms with E-state index in [1.165, 1.54) is 5.56 Å². The van der Waals surface area contributed by atoms with Crippen LogP contribution in [0.2, 0.25) is 0 Å². The molecular weight excluding hydrogens is 354 g/mol. The predicted octanol–water partition coefficient (Wildman–Crippen LogP) is 4.67. The summed E-state index contributed by atoms with van der Waals surface area (Å²) in [5.41, 5.74) is 2.84. The van der Waals surface area contributed by atoms with E-state index in [1.807, 2.05) is 36.4 Å². The van der Waals surface area contributed by atoms with Gasteiger partial charge in [-0.15, -0.1) is 5.10 Å². The van der Waals surface area contributed by atoms with Gasteiger partial charge in [-0.25, -0.2) is 0 Å². The van der Waals surface area contributed by atoms with Crippen LogP contribution >= 0.6 is 0 Å². The number of ether oxygens (including phenoxy) is 2. The summed E-state index contributed by atoms with van der Waals surface area (Å²) in [7, 11) is 3.23. The van der Waals surface area contributed by atoms with E-state index in [0.717, 1.165) is 11.4 Å². The van der Waals surface area contributed by atoms with Gasteiger partial charge in [-0.05, 0) is 29.2 Å². The fourth-order valence-corrected chi connectivity index (χ4v) is 2.83. The number of hydrogen-bond acceptors (Lipinski definition) is 7. The van der Waals surface area contributed by atoms with Crippen LogP contribution in [0.1, 0.15) is 26.3 Å². The Morgan fingerprint density at radius 3 is 2.39 bits per heavy atom. The van der Waals surface area contributed by atoms with Crippen molar-refractivity contribution in [2.45, 2.75) is 26.2 Å². The Kier molecular flexibility index (Phi) is 5.63. The quantitative estimate of drug-likeness (QED) is 0.644. The van der Waals surface area contributed by atoms with Crippen LogP contribution in [0, 0.1) is 0 Å². The van der Waals surface area contributed by atoms with Crippen molar-refractivity contribution in [3.05, 3.63) is 54.2 Å². The Bertz CT molecular complexity index is 954. The van der Waals surface area contributed by atoms with Gasteiger partial charge in [0, 0.05) is 11.8 Å². The highest BCUT2D eigenvalue weighted by atomic mass is 16.5. The fourth-order valence-electron chi connectivity index (χ4n) is 2.83. The molecular formula is C21H25N5O2. The van der Waals surface area contributed by atoms with Gasteiger partial charge in [0.15, 0.2) is 5.82 Å². The second-order valence-corrected chi connectivity index (χ2v) is 7.28. The molecule has 0 saturated carbocycles. The third kappa shape index (κ3) is 4.49. The maximum Gasteiger partial charge on any atom is 0.249 e. The molecule has 0 fully saturated rings. The SMILES string of the molecule is COc1ccc(OC)c(Nc2cnnc(Nc3ccccc3C(C)(C)C)n2)c1. The average molecular weight is 379 g/mol. The van der Waals surface area contributed by atoms with Crippen LogP contribution < -0.4 is 20.1 Å². The van der Waals surface area contributed by atoms with Crippen molar-refractivity contribution in [2.24, 2.45) is 0 Å². The number of hydrogen-bond donors (Lipinski definition) is 2. The number of anilines is 4. The molecule has 2 N–H and O–H groups in total. The predicted molar refractivity (Wildman–Crippen MR) is 111 cm³/mol. The number of methoxy groups -OCH3 is 2. The van der Waals surface area contributed by atoms with Gasteiger partial charge in [0.1, 0.15) is 11.5 Å². The maximum atomic E-state index is 5.40. The van der Waals surface area contributed by atoms with Crippen LogP contribution in [0.25, 0.3) is 0 Å². The summed E-state index contributed by atoms with van der Waals surface area (Å²) in [4.78, 5) is 4.53. The molecule has 3 aromatic rings. The van der Waals surface area contributed by atoms with E-state index in [1.54, 1.807) is 20.4 Å². The van der Waals surface area contributed by atoms with E-state index in [9.17, 15) is 0 Å². The van der Waals surface area contributed by atoms with E-state index in [-0.39, 0.29) is 5.41 Å². The first kappa shape index (κ1) is 19.4. The van der Waals surface area contributed by atoms with Gasteiger partial charge < -0.3 is 20.1 Å². The lowest BCUT2D eigenvalue weighted by Gasteiger charge is -2.22. The molecule has 0 atom stereocenters. The summed E-state index contributed by atoms with van der Waals surface area (Å²) in [6.07, 6.45) is 1.56. The van der Waals surface area contributed by atoms with Crippen molar-refractivity contribution < 1.29 is 9.47 Å². The first-order valence-corrected chi connectivity index (χ1v) is 8.96. The van der Waals surface area contributed by atoms with Crippen molar-refractivity contribution in [3.63, 3.8) is 0 Å². The van der Waals surface area contributed by atoms with Gasteiger partial charge in [-0.2, -0.15) is 10.1 Å². The van der Waals surface area contributed by atoms with Gasteiger partial charge in [-0.3, -0.25) is 0 Å². The summed E-state index contributed by atoms with van der Waals surface area (Å²) in [5, 5.41) is 14.7. The third-order valence-electron chi connectivity index (χ3n) is 4.21. The molecule has 0 saturated heterocycles. The monoisotopic (exact) mass is 379 g/mol. The van der Waals surface area contributed by atoms with Gasteiger partial charge >= 0.3 is 0 Å². The fraction of sp³-hybridized carbons (Fsp3) is 0.286. The molecule has 1 aromatic heterocycles. The number of rotatable bonds is 6. The molecule has 28 heavy (non-hydrogen) atoms. The minimum absolute atomic E-state index is 0.0131. The standard InChI is InChI=1S/C21H25N5O2/c1-21(2,3)15-8-6-7-9-16(15)24-20-25-19(13-22-26-20)23-17-12-14(27-4)10-11-18(17)28-5/h6-13H,1-5H3,(H2,23,24,25,26). The molecule has 0 radical (unpaired) electrons. The van der Waals surface area contributed by atoms with Crippen LogP contribution in [0.5, 0.6) is 11.5 Å². The molecule has 0 aliphatic carbocycles. The number of aromatic nitrogens is 3. The van der Waals surface area contributed by atoms with E-state index in [2.05, 4.69) is 52.7 Å². The minimum Gasteiger partial charge on any atom is -0.497 e. The summed E-state index contributed by atoms with van der Waals surface area (Å²) in [5.74, 6) is 2.33. The van der Waals surface area contributed by atoms with Gasteiger partial charge in [0.25, 0.3) is 0 Å². The molecule has 7 nitrogen and oxygen atoms in total. The van der Waals surface area contributed by atoms with Crippen molar-refractivity contribution in [3.8, 4) is 11.5 Å². The zero-order valence-corrected chi connectivity index (χ0v) is 16.8. The summed E-state index contributed by atoms with van der Waals surface area (Å²) in [6.45, 7) is 6.50. The summed E-state index contributed by atoms with van der Waals surface area (Å²) in [6, 6.07) is 13.6. The highest BCUT2D eigenvalue weighted by Crippen LogP contribution is 2.32. The molecule has 0 bridgehead atoms. The van der Waals surface area contributed by atoms with E-state index in [4.69, 9.17) is 9.47 Å². The third-order valence-corrected chi connectivity index (χ3v) is 4.21. The summed E-state index contributed by atoms with van der Waals surface area (Å²) < 4.78 is 10.7. The number of benzene rings is 2. The Morgan fingerprint density at radius 1 is 0.893 bits per heavy atom. The number of para-hydroxylation sites is 1. The molecule has 7 heteroatoms. The first-order valence-electron chi connectivity index (χ1n) is 8.96. The van der Waals surface area contributed by atoms with Crippen molar-refractivity contribution in [2.75, 3.05) is 24.9 Å². The smallest absolute Gasteiger partial charge is 0.249 e. The summed E-state index contributed by atoms with van der Waals surface area (Å²) >= 11 is 0. The maximum absolute atomic E-state index is 5.40. The van der Waals surface area contributed by atoms with E-state index < -0.39 is 0 Å². The Hall–Kier alpha value is -3.35. The van der Waals surface area contributed by atoms with Crippen LogP contribution in [-0.4, -0.2) is 29.4 Å². The highest BCUT2D eigenvalue weighted by molar-refractivity contribution is 5.67. The molecule has 0 spiro atoms. The molecule has 1 heterocycles. The molecule has 146 valence electrons. The molecule has 2 aromatic carbocycles. The molecule has 0 unspecified atom stereocenters. The van der Waals surface area contributed by atoms with Gasteiger partial charge in [0.05, 0.1) is 26.1 Å². The van der Waals surface area contributed by atoms with E-state index in [0.29, 0.717) is 23.3 Å². The van der Waals surface area contributed by atoms with Crippen molar-refractivity contribution >= 4 is 23.1 Å². The Morgan fingerprint density at radius 2 is 1.68 bits per heavy atom. The topological polar surface area (TPSA) is 81.2 Å². The minimum atomic E-state index is -0.0131. The normalized spacial score (nSPS) is 11.0. The van der Waals surface area contributed by atoms with Crippen molar-refractivity contribution in [1.82, 2.24) is 15.2 Å². The Labute approximate surface area is 165 Å². The lowest BCUT2D eigenvalue weighted by Crippen LogP contribution is -2.14. The number of nitrogens with one attached hydrogen (secondary N) is 2. The Balaban J connectivity index is 1.87. The molecule has 0 aliphatic rings. The van der Waals surface area contributed by atoms with E-state index >= 15 is 0 Å². The highest BCUT2D eigenvalue weighted by Gasteiger charge is 2.18. The second kappa shape index (κ2) is 8.12. The lowest BCUT2D eigenvalue weighted by molar-refractivity contribution is 0.405. The van der Waals surface area contributed by atoms with Crippen LogP contribution in [0.4, 0.5) is 23.1 Å². The second-order valence-electron chi connectivity index (χ2n) is 7.28. The zero-order chi connectivity index (χ0) is 20.1. The average Bonchev–Trinajstić information content (AvgIpc) is 2.68. The number of nitrogens with zero attached hydrogens (tertiary/aromatic N) is 3.